The predicted octanol–water partition coefficient (Wildman–Crippen LogP) is 4.47. The first-order valence-electron chi connectivity index (χ1n) is 11.3. The molecular formula is C26H30N4O2S. The third kappa shape index (κ3) is 6.06. The molecule has 0 radical (unpaired) electrons. The fourth-order valence-electron chi connectivity index (χ4n) is 4.01. The van der Waals surface area contributed by atoms with Crippen molar-refractivity contribution in [2.24, 2.45) is 0 Å². The van der Waals surface area contributed by atoms with Crippen molar-refractivity contribution in [2.75, 3.05) is 36.4 Å². The van der Waals surface area contributed by atoms with Crippen LogP contribution in [0.2, 0.25) is 0 Å². The van der Waals surface area contributed by atoms with Gasteiger partial charge in [-0.3, -0.25) is 14.5 Å². The third-order valence-corrected chi connectivity index (χ3v) is 6.87. The maximum Gasteiger partial charge on any atom is 0.231 e. The Morgan fingerprint density at radius 1 is 1.03 bits per heavy atom. The van der Waals surface area contributed by atoms with Gasteiger partial charge in [-0.2, -0.15) is 0 Å². The molecule has 1 aliphatic rings. The molecular weight excluding hydrogens is 432 g/mol. The van der Waals surface area contributed by atoms with E-state index in [0.29, 0.717) is 6.42 Å². The molecule has 6 nitrogen and oxygen atoms in total. The van der Waals surface area contributed by atoms with E-state index >= 15 is 0 Å². The molecule has 2 heterocycles. The molecule has 2 aromatic carbocycles. The Morgan fingerprint density at radius 3 is 2.45 bits per heavy atom. The monoisotopic (exact) mass is 462 g/mol. The summed E-state index contributed by atoms with van der Waals surface area (Å²) < 4.78 is 0. The molecule has 1 saturated heterocycles. The summed E-state index contributed by atoms with van der Waals surface area (Å²) >= 11 is 1.55. The first-order chi connectivity index (χ1) is 15.9. The van der Waals surface area contributed by atoms with E-state index in [1.165, 1.54) is 0 Å². The minimum Gasteiger partial charge on any atom is -0.369 e. The van der Waals surface area contributed by atoms with Crippen LogP contribution in [0.3, 0.4) is 0 Å². The Morgan fingerprint density at radius 2 is 1.76 bits per heavy atom. The summed E-state index contributed by atoms with van der Waals surface area (Å²) in [5.74, 6) is 0.0609. The Labute approximate surface area is 199 Å². The zero-order valence-corrected chi connectivity index (χ0v) is 20.2. The summed E-state index contributed by atoms with van der Waals surface area (Å²) in [5.41, 5.74) is 5.98. The van der Waals surface area contributed by atoms with Gasteiger partial charge in [-0.15, -0.1) is 11.3 Å². The average molecular weight is 463 g/mol. The van der Waals surface area contributed by atoms with E-state index < -0.39 is 0 Å². The Balaban J connectivity index is 1.26. The number of rotatable bonds is 7. The number of benzene rings is 2. The van der Waals surface area contributed by atoms with Gasteiger partial charge in [0.05, 0.1) is 12.1 Å². The SMILES string of the molecule is CC(=O)c1ccc(N2CCN(Cc3csc(CC(=O)Nc4cc(C)ccc4C)n3)CC2)cc1. The summed E-state index contributed by atoms with van der Waals surface area (Å²) in [7, 11) is 0. The molecule has 0 aliphatic carbocycles. The van der Waals surface area contributed by atoms with E-state index in [9.17, 15) is 9.59 Å². The number of aryl methyl sites for hydroxylation is 2. The molecule has 172 valence electrons. The highest BCUT2D eigenvalue weighted by molar-refractivity contribution is 7.09. The molecule has 0 saturated carbocycles. The fourth-order valence-corrected chi connectivity index (χ4v) is 4.79. The van der Waals surface area contributed by atoms with Crippen LogP contribution in [-0.4, -0.2) is 47.8 Å². The molecule has 1 fully saturated rings. The van der Waals surface area contributed by atoms with E-state index in [2.05, 4.69) is 20.5 Å². The van der Waals surface area contributed by atoms with Crippen molar-refractivity contribution in [1.29, 1.82) is 0 Å². The lowest BCUT2D eigenvalue weighted by atomic mass is 10.1. The first-order valence-corrected chi connectivity index (χ1v) is 12.1. The second-order valence-electron chi connectivity index (χ2n) is 8.64. The number of hydrogen-bond acceptors (Lipinski definition) is 6. The lowest BCUT2D eigenvalue weighted by Gasteiger charge is -2.35. The molecule has 1 aromatic heterocycles. The van der Waals surface area contributed by atoms with Gasteiger partial charge in [-0.05, 0) is 62.2 Å². The van der Waals surface area contributed by atoms with E-state index in [0.717, 1.165) is 71.5 Å². The van der Waals surface area contributed by atoms with Gasteiger partial charge in [-0.1, -0.05) is 12.1 Å². The summed E-state index contributed by atoms with van der Waals surface area (Å²) in [4.78, 5) is 33.4. The molecule has 0 unspecified atom stereocenters. The van der Waals surface area contributed by atoms with Crippen LogP contribution < -0.4 is 10.2 Å². The molecule has 1 aliphatic heterocycles. The molecule has 0 bridgehead atoms. The number of piperazine rings is 1. The van der Waals surface area contributed by atoms with Gasteiger partial charge in [-0.25, -0.2) is 4.98 Å². The quantitative estimate of drug-likeness (QED) is 0.525. The Bertz CT molecular complexity index is 1130. The summed E-state index contributed by atoms with van der Waals surface area (Å²) in [5, 5.41) is 5.92. The third-order valence-electron chi connectivity index (χ3n) is 5.98. The maximum absolute atomic E-state index is 12.5. The maximum atomic E-state index is 12.5. The lowest BCUT2D eigenvalue weighted by Crippen LogP contribution is -2.46. The summed E-state index contributed by atoms with van der Waals surface area (Å²) in [6, 6.07) is 13.9. The van der Waals surface area contributed by atoms with E-state index in [-0.39, 0.29) is 11.7 Å². The number of nitrogens with zero attached hydrogens (tertiary/aromatic N) is 3. The molecule has 1 N–H and O–H groups in total. The molecule has 3 aromatic rings. The smallest absolute Gasteiger partial charge is 0.231 e. The van der Waals surface area contributed by atoms with Gasteiger partial charge < -0.3 is 10.2 Å². The fraction of sp³-hybridized carbons (Fsp3) is 0.346. The minimum atomic E-state index is -0.0333. The minimum absolute atomic E-state index is 0.0333. The van der Waals surface area contributed by atoms with E-state index in [1.807, 2.05) is 56.3 Å². The van der Waals surface area contributed by atoms with Crippen LogP contribution in [0.1, 0.15) is 39.1 Å². The van der Waals surface area contributed by atoms with Crippen LogP contribution in [0, 0.1) is 13.8 Å². The van der Waals surface area contributed by atoms with Gasteiger partial charge in [0, 0.05) is 55.0 Å². The predicted molar refractivity (Wildman–Crippen MR) is 134 cm³/mol. The number of aromatic nitrogens is 1. The van der Waals surface area contributed by atoms with Crippen molar-refractivity contribution in [3.63, 3.8) is 0 Å². The number of ketones is 1. The van der Waals surface area contributed by atoms with E-state index in [1.54, 1.807) is 18.3 Å². The van der Waals surface area contributed by atoms with Crippen molar-refractivity contribution in [3.8, 4) is 0 Å². The van der Waals surface area contributed by atoms with Crippen LogP contribution in [0.4, 0.5) is 11.4 Å². The Hall–Kier alpha value is -3.03. The zero-order valence-electron chi connectivity index (χ0n) is 19.4. The molecule has 7 heteroatoms. The van der Waals surface area contributed by atoms with Crippen molar-refractivity contribution in [1.82, 2.24) is 9.88 Å². The number of amides is 1. The zero-order chi connectivity index (χ0) is 23.4. The van der Waals surface area contributed by atoms with Crippen molar-refractivity contribution >= 4 is 34.4 Å². The number of thiazole rings is 1. The van der Waals surface area contributed by atoms with Crippen LogP contribution in [0.25, 0.3) is 0 Å². The van der Waals surface area contributed by atoms with Crippen LogP contribution >= 0.6 is 11.3 Å². The van der Waals surface area contributed by atoms with Gasteiger partial charge in [0.2, 0.25) is 5.91 Å². The molecule has 0 spiro atoms. The molecule has 0 atom stereocenters. The standard InChI is InChI=1S/C26H30N4O2S/c1-18-4-5-19(2)24(14-18)28-25(32)15-26-27-22(17-33-26)16-29-10-12-30(13-11-29)23-8-6-21(7-9-23)20(3)31/h4-9,14,17H,10-13,15-16H2,1-3H3,(H,28,32). The highest BCUT2D eigenvalue weighted by Gasteiger charge is 2.19. The van der Waals surface area contributed by atoms with Gasteiger partial charge in [0.1, 0.15) is 5.01 Å². The topological polar surface area (TPSA) is 65.5 Å². The average Bonchev–Trinajstić information content (AvgIpc) is 3.23. The molecule has 1 amide bonds. The first kappa shape index (κ1) is 23.1. The van der Waals surface area contributed by atoms with Crippen LogP contribution in [-0.2, 0) is 17.8 Å². The highest BCUT2D eigenvalue weighted by Crippen LogP contribution is 2.20. The number of carbonyl (C=O) groups excluding carboxylic acids is 2. The van der Waals surface area contributed by atoms with Crippen molar-refractivity contribution in [2.45, 2.75) is 33.7 Å². The molecule has 4 rings (SSSR count). The number of hydrogen-bond donors (Lipinski definition) is 1. The number of anilines is 2. The highest BCUT2D eigenvalue weighted by atomic mass is 32.1. The second kappa shape index (κ2) is 10.3. The van der Waals surface area contributed by atoms with Crippen molar-refractivity contribution in [3.05, 3.63) is 75.2 Å². The summed E-state index contributed by atoms with van der Waals surface area (Å²) in [6.45, 7) is 10.2. The van der Waals surface area contributed by atoms with Gasteiger partial charge in [0.25, 0.3) is 0 Å². The number of carbonyl (C=O) groups is 2. The Kier molecular flexibility index (Phi) is 7.20. The summed E-state index contributed by atoms with van der Waals surface area (Å²) in [6.07, 6.45) is 0.294. The largest absolute Gasteiger partial charge is 0.369 e. The molecule has 33 heavy (non-hydrogen) atoms. The second-order valence-corrected chi connectivity index (χ2v) is 9.58. The number of Topliss-reactive ketones (excluding diaryl/α,β-unsaturated/α-hetero) is 1. The van der Waals surface area contributed by atoms with Gasteiger partial charge >= 0.3 is 0 Å². The van der Waals surface area contributed by atoms with Crippen LogP contribution in [0.15, 0.2) is 47.8 Å². The normalized spacial score (nSPS) is 14.3. The lowest BCUT2D eigenvalue weighted by molar-refractivity contribution is -0.115. The van der Waals surface area contributed by atoms with Crippen molar-refractivity contribution < 1.29 is 9.59 Å². The van der Waals surface area contributed by atoms with E-state index in [4.69, 9.17) is 4.98 Å². The number of nitrogens with one attached hydrogen (secondary N) is 1. The van der Waals surface area contributed by atoms with Gasteiger partial charge in [0.15, 0.2) is 5.78 Å². The van der Waals surface area contributed by atoms with Crippen LogP contribution in [0.5, 0.6) is 0 Å².